The van der Waals surface area contributed by atoms with Crippen molar-refractivity contribution in [3.8, 4) is 22.8 Å². The Balaban J connectivity index is 1.72. The summed E-state index contributed by atoms with van der Waals surface area (Å²) < 4.78 is 12.4. The molecule has 7 heteroatoms. The van der Waals surface area contributed by atoms with Gasteiger partial charge in [0.15, 0.2) is 5.75 Å². The Morgan fingerprint density at radius 3 is 2.61 bits per heavy atom. The van der Waals surface area contributed by atoms with Crippen LogP contribution in [-0.2, 0) is 13.1 Å². The van der Waals surface area contributed by atoms with E-state index in [1.807, 2.05) is 42.9 Å². The number of methoxy groups -OCH3 is 2. The van der Waals surface area contributed by atoms with Crippen molar-refractivity contribution in [3.63, 3.8) is 0 Å². The molecule has 0 unspecified atom stereocenters. The van der Waals surface area contributed by atoms with Gasteiger partial charge in [0.2, 0.25) is 0 Å². The van der Waals surface area contributed by atoms with Gasteiger partial charge in [-0.1, -0.05) is 6.07 Å². The molecule has 3 aromatic rings. The average molecular weight is 378 g/mol. The topological polar surface area (TPSA) is 69.5 Å². The number of benzene rings is 1. The van der Waals surface area contributed by atoms with Gasteiger partial charge in [0.05, 0.1) is 32.6 Å². The van der Waals surface area contributed by atoms with Crippen molar-refractivity contribution in [2.24, 2.45) is 0 Å². The minimum atomic E-state index is 0.0140. The molecule has 0 aliphatic carbocycles. The van der Waals surface area contributed by atoms with E-state index in [4.69, 9.17) is 9.47 Å². The molecule has 0 N–H and O–H groups in total. The molecule has 0 saturated carbocycles. The van der Waals surface area contributed by atoms with E-state index in [0.29, 0.717) is 18.2 Å². The number of amides is 1. The second-order valence-electron chi connectivity index (χ2n) is 6.71. The van der Waals surface area contributed by atoms with Crippen molar-refractivity contribution in [1.29, 1.82) is 0 Å². The molecule has 1 amide bonds. The van der Waals surface area contributed by atoms with Gasteiger partial charge in [-0.25, -0.2) is 4.98 Å². The monoisotopic (exact) mass is 378 g/mol. The maximum absolute atomic E-state index is 13.0. The first-order chi connectivity index (χ1) is 13.5. The molecule has 0 atom stereocenters. The van der Waals surface area contributed by atoms with Crippen LogP contribution in [0.2, 0.25) is 0 Å². The highest BCUT2D eigenvalue weighted by Gasteiger charge is 2.31. The average Bonchev–Trinajstić information content (AvgIpc) is 3.31. The number of carbonyl (C=O) groups is 1. The molecule has 7 nitrogen and oxygen atoms in total. The number of rotatable bonds is 5. The predicted octanol–water partition coefficient (Wildman–Crippen LogP) is 3.45. The summed E-state index contributed by atoms with van der Waals surface area (Å²) >= 11 is 0. The highest BCUT2D eigenvalue weighted by Crippen LogP contribution is 2.35. The van der Waals surface area contributed by atoms with E-state index < -0.39 is 0 Å². The van der Waals surface area contributed by atoms with Crippen LogP contribution in [0.15, 0.2) is 36.8 Å². The highest BCUT2D eigenvalue weighted by atomic mass is 16.5. The smallest absolute Gasteiger partial charge is 0.259 e. The van der Waals surface area contributed by atoms with Crippen LogP contribution < -0.4 is 14.4 Å². The second-order valence-corrected chi connectivity index (χ2v) is 6.71. The van der Waals surface area contributed by atoms with E-state index in [-0.39, 0.29) is 5.91 Å². The van der Waals surface area contributed by atoms with Crippen molar-refractivity contribution >= 4 is 11.6 Å². The molecule has 0 radical (unpaired) electrons. The number of aromatic nitrogens is 3. The van der Waals surface area contributed by atoms with Gasteiger partial charge in [-0.15, -0.1) is 0 Å². The predicted molar refractivity (Wildman–Crippen MR) is 106 cm³/mol. The van der Waals surface area contributed by atoms with E-state index in [0.717, 1.165) is 40.0 Å². The first-order valence-electron chi connectivity index (χ1n) is 9.12. The van der Waals surface area contributed by atoms with Crippen LogP contribution >= 0.6 is 0 Å². The zero-order valence-electron chi connectivity index (χ0n) is 16.4. The summed E-state index contributed by atoms with van der Waals surface area (Å²) in [4.78, 5) is 19.1. The molecule has 0 saturated heterocycles. The summed E-state index contributed by atoms with van der Waals surface area (Å²) in [7, 11) is 3.15. The molecule has 1 aromatic carbocycles. The molecule has 0 spiro atoms. The first kappa shape index (κ1) is 18.0. The maximum Gasteiger partial charge on any atom is 0.259 e. The van der Waals surface area contributed by atoms with Crippen molar-refractivity contribution < 1.29 is 14.3 Å². The minimum Gasteiger partial charge on any atom is -0.491 e. The Morgan fingerprint density at radius 2 is 1.93 bits per heavy atom. The number of aryl methyl sites for hydroxylation is 2. The van der Waals surface area contributed by atoms with Gasteiger partial charge in [-0.2, -0.15) is 5.10 Å². The second kappa shape index (κ2) is 6.99. The zero-order chi connectivity index (χ0) is 19.8. The number of anilines is 1. The summed E-state index contributed by atoms with van der Waals surface area (Å²) in [5.41, 5.74) is 5.42. The Bertz CT molecular complexity index is 1060. The molecular weight excluding hydrogens is 356 g/mol. The number of ether oxygens (including phenoxy) is 2. The first-order valence-corrected chi connectivity index (χ1v) is 9.12. The van der Waals surface area contributed by atoms with Crippen molar-refractivity contribution in [2.45, 2.75) is 26.9 Å². The Labute approximate surface area is 163 Å². The standard InChI is InChI=1S/C21H22N4O3/c1-5-24-12-17(10-23-24)25-11-16-7-14(6-13(2)19(16)21(25)26)15-8-18(27-3)20(28-4)22-9-15/h6-10,12H,5,11H2,1-4H3. The Hall–Kier alpha value is -3.35. The van der Waals surface area contributed by atoms with Crippen molar-refractivity contribution in [3.05, 3.63) is 53.5 Å². The maximum atomic E-state index is 13.0. The van der Waals surface area contributed by atoms with E-state index >= 15 is 0 Å². The van der Waals surface area contributed by atoms with Gasteiger partial charge in [0, 0.05) is 30.1 Å². The van der Waals surface area contributed by atoms with Gasteiger partial charge in [-0.3, -0.25) is 9.48 Å². The summed E-state index contributed by atoms with van der Waals surface area (Å²) in [5.74, 6) is 1.03. The lowest BCUT2D eigenvalue weighted by Crippen LogP contribution is -2.22. The minimum absolute atomic E-state index is 0.0140. The quantitative estimate of drug-likeness (QED) is 0.680. The van der Waals surface area contributed by atoms with Crippen LogP contribution in [0.5, 0.6) is 11.6 Å². The van der Waals surface area contributed by atoms with Gasteiger partial charge in [0.1, 0.15) is 0 Å². The molecule has 1 aliphatic heterocycles. The molecule has 3 heterocycles. The molecule has 4 rings (SSSR count). The number of pyridine rings is 1. The van der Waals surface area contributed by atoms with Crippen LogP contribution in [0.1, 0.15) is 28.4 Å². The van der Waals surface area contributed by atoms with Gasteiger partial charge < -0.3 is 14.4 Å². The molecule has 0 bridgehead atoms. The van der Waals surface area contributed by atoms with Crippen LogP contribution in [0.3, 0.4) is 0 Å². The summed E-state index contributed by atoms with van der Waals surface area (Å²) in [5, 5.41) is 4.29. The number of hydrogen-bond acceptors (Lipinski definition) is 5. The molecule has 2 aromatic heterocycles. The van der Waals surface area contributed by atoms with E-state index in [9.17, 15) is 4.79 Å². The fourth-order valence-electron chi connectivity index (χ4n) is 3.60. The Morgan fingerprint density at radius 1 is 1.11 bits per heavy atom. The number of hydrogen-bond donors (Lipinski definition) is 0. The summed E-state index contributed by atoms with van der Waals surface area (Å²) in [6, 6.07) is 5.96. The summed E-state index contributed by atoms with van der Waals surface area (Å²) in [6.07, 6.45) is 5.39. The lowest BCUT2D eigenvalue weighted by molar-refractivity contribution is 0.0996. The van der Waals surface area contributed by atoms with Crippen LogP contribution in [0.4, 0.5) is 5.69 Å². The molecule has 1 aliphatic rings. The molecular formula is C21H22N4O3. The van der Waals surface area contributed by atoms with E-state index in [1.54, 1.807) is 31.5 Å². The van der Waals surface area contributed by atoms with Gasteiger partial charge in [-0.05, 0) is 42.7 Å². The van der Waals surface area contributed by atoms with Crippen molar-refractivity contribution in [2.75, 3.05) is 19.1 Å². The van der Waals surface area contributed by atoms with Gasteiger partial charge >= 0.3 is 0 Å². The molecule has 28 heavy (non-hydrogen) atoms. The normalized spacial score (nSPS) is 13.0. The van der Waals surface area contributed by atoms with Crippen LogP contribution in [0, 0.1) is 6.92 Å². The SMILES string of the molecule is CCn1cc(N2Cc3cc(-c4cnc(OC)c(OC)c4)cc(C)c3C2=O)cn1. The third-order valence-electron chi connectivity index (χ3n) is 5.02. The third-order valence-corrected chi connectivity index (χ3v) is 5.02. The fraction of sp³-hybridized carbons (Fsp3) is 0.286. The lowest BCUT2D eigenvalue weighted by Gasteiger charge is -2.12. The van der Waals surface area contributed by atoms with Crippen LogP contribution in [0.25, 0.3) is 11.1 Å². The Kier molecular flexibility index (Phi) is 4.50. The summed E-state index contributed by atoms with van der Waals surface area (Å²) in [6.45, 7) is 5.28. The van der Waals surface area contributed by atoms with E-state index in [1.165, 1.54) is 0 Å². The van der Waals surface area contributed by atoms with Crippen molar-refractivity contribution in [1.82, 2.24) is 14.8 Å². The fourth-order valence-corrected chi connectivity index (χ4v) is 3.60. The van der Waals surface area contributed by atoms with Gasteiger partial charge in [0.25, 0.3) is 11.8 Å². The zero-order valence-corrected chi connectivity index (χ0v) is 16.4. The highest BCUT2D eigenvalue weighted by molar-refractivity contribution is 6.11. The number of carbonyl (C=O) groups excluding carboxylic acids is 1. The van der Waals surface area contributed by atoms with E-state index in [2.05, 4.69) is 10.1 Å². The van der Waals surface area contributed by atoms with Crippen LogP contribution in [-0.4, -0.2) is 34.9 Å². The number of fused-ring (bicyclic) bond motifs is 1. The number of nitrogens with zero attached hydrogens (tertiary/aromatic N) is 4. The molecule has 144 valence electrons. The third kappa shape index (κ3) is 2.89. The lowest BCUT2D eigenvalue weighted by atomic mass is 9.97. The molecule has 0 fully saturated rings. The largest absolute Gasteiger partial charge is 0.491 e.